The first kappa shape index (κ1) is 14.1. The lowest BCUT2D eigenvalue weighted by molar-refractivity contribution is 0.102. The van der Waals surface area contributed by atoms with Gasteiger partial charge in [-0.3, -0.25) is 9.59 Å². The van der Waals surface area contributed by atoms with Crippen molar-refractivity contribution in [2.24, 2.45) is 0 Å². The number of hydrogen-bond acceptors (Lipinski definition) is 3. The van der Waals surface area contributed by atoms with Crippen molar-refractivity contribution in [3.05, 3.63) is 82.8 Å². The molecule has 1 amide bonds. The predicted octanol–water partition coefficient (Wildman–Crippen LogP) is 3.33. The number of amides is 1. The Morgan fingerprint density at radius 1 is 0.917 bits per heavy atom. The van der Waals surface area contributed by atoms with Crippen LogP contribution in [0.3, 0.4) is 0 Å². The van der Waals surface area contributed by atoms with E-state index < -0.39 is 0 Å². The van der Waals surface area contributed by atoms with Gasteiger partial charge in [0.1, 0.15) is 5.65 Å². The standard InChI is InChI=1S/C19H13N3O2/c23-18(21-13-6-2-1-3-7-13)12-10-16-14-8-4-5-9-15(14)19(24)22-17(16)20-11-12/h1-11H,(H,21,23)(H,20,22,24). The fraction of sp³-hybridized carbons (Fsp3) is 0. The summed E-state index contributed by atoms with van der Waals surface area (Å²) < 4.78 is 0. The summed E-state index contributed by atoms with van der Waals surface area (Å²) in [6.07, 6.45) is 1.46. The molecule has 0 atom stereocenters. The maximum atomic E-state index is 12.4. The van der Waals surface area contributed by atoms with Crippen LogP contribution >= 0.6 is 0 Å². The van der Waals surface area contributed by atoms with E-state index in [1.54, 1.807) is 12.1 Å². The van der Waals surface area contributed by atoms with Gasteiger partial charge in [0.15, 0.2) is 0 Å². The molecule has 4 rings (SSSR count). The zero-order valence-electron chi connectivity index (χ0n) is 12.6. The summed E-state index contributed by atoms with van der Waals surface area (Å²) in [6, 6.07) is 18.3. The van der Waals surface area contributed by atoms with E-state index in [-0.39, 0.29) is 11.5 Å². The molecule has 0 saturated heterocycles. The van der Waals surface area contributed by atoms with Crippen molar-refractivity contribution >= 4 is 33.4 Å². The number of nitrogens with one attached hydrogen (secondary N) is 2. The molecule has 0 saturated carbocycles. The van der Waals surface area contributed by atoms with Crippen LogP contribution in [0, 0.1) is 0 Å². The fourth-order valence-electron chi connectivity index (χ4n) is 2.71. The third kappa shape index (κ3) is 2.42. The van der Waals surface area contributed by atoms with Gasteiger partial charge in [-0.25, -0.2) is 4.98 Å². The molecule has 0 unspecified atom stereocenters. The van der Waals surface area contributed by atoms with Crippen LogP contribution in [-0.4, -0.2) is 15.9 Å². The molecule has 2 aromatic carbocycles. The van der Waals surface area contributed by atoms with Crippen LogP contribution < -0.4 is 10.9 Å². The molecule has 0 aliphatic carbocycles. The lowest BCUT2D eigenvalue weighted by atomic mass is 10.1. The number of rotatable bonds is 2. The summed E-state index contributed by atoms with van der Waals surface area (Å²) in [6.45, 7) is 0. The van der Waals surface area contributed by atoms with Crippen LogP contribution in [0.4, 0.5) is 5.69 Å². The third-order valence-electron chi connectivity index (χ3n) is 3.88. The van der Waals surface area contributed by atoms with Gasteiger partial charge in [-0.15, -0.1) is 0 Å². The second kappa shape index (κ2) is 5.62. The van der Waals surface area contributed by atoms with E-state index >= 15 is 0 Å². The Bertz CT molecular complexity index is 1120. The molecule has 0 fully saturated rings. The van der Waals surface area contributed by atoms with Crippen LogP contribution in [0.2, 0.25) is 0 Å². The number of pyridine rings is 2. The highest BCUT2D eigenvalue weighted by molar-refractivity contribution is 6.09. The number of carbonyl (C=O) groups is 1. The molecular formula is C19H13N3O2. The Balaban J connectivity index is 1.83. The zero-order valence-corrected chi connectivity index (χ0v) is 12.6. The summed E-state index contributed by atoms with van der Waals surface area (Å²) in [4.78, 5) is 31.5. The second-order valence-electron chi connectivity index (χ2n) is 5.44. The highest BCUT2D eigenvalue weighted by Crippen LogP contribution is 2.21. The minimum absolute atomic E-state index is 0.188. The molecular weight excluding hydrogens is 302 g/mol. The van der Waals surface area contributed by atoms with Gasteiger partial charge in [-0.05, 0) is 29.7 Å². The summed E-state index contributed by atoms with van der Waals surface area (Å²) >= 11 is 0. The van der Waals surface area contributed by atoms with Crippen LogP contribution in [0.5, 0.6) is 0 Å². The predicted molar refractivity (Wildman–Crippen MR) is 94.3 cm³/mol. The molecule has 0 aliphatic rings. The topological polar surface area (TPSA) is 74.8 Å². The molecule has 2 aromatic heterocycles. The van der Waals surface area contributed by atoms with Crippen molar-refractivity contribution in [3.63, 3.8) is 0 Å². The number of fused-ring (bicyclic) bond motifs is 3. The molecule has 0 spiro atoms. The average Bonchev–Trinajstić information content (AvgIpc) is 2.62. The van der Waals surface area contributed by atoms with Gasteiger partial charge in [-0.2, -0.15) is 0 Å². The van der Waals surface area contributed by atoms with E-state index in [4.69, 9.17) is 0 Å². The number of carbonyl (C=O) groups excluding carboxylic acids is 1. The number of para-hydroxylation sites is 1. The van der Waals surface area contributed by atoms with Crippen molar-refractivity contribution in [1.29, 1.82) is 0 Å². The van der Waals surface area contributed by atoms with Crippen LogP contribution in [0.15, 0.2) is 71.7 Å². The summed E-state index contributed by atoms with van der Waals surface area (Å²) in [7, 11) is 0. The zero-order chi connectivity index (χ0) is 16.5. The molecule has 5 nitrogen and oxygen atoms in total. The van der Waals surface area contributed by atoms with Gasteiger partial charge in [0.2, 0.25) is 0 Å². The minimum atomic E-state index is -0.245. The van der Waals surface area contributed by atoms with Crippen molar-refractivity contribution in [1.82, 2.24) is 9.97 Å². The molecule has 4 aromatic rings. The SMILES string of the molecule is O=C(Nc1ccccc1)c1cnc2[nH]c(=O)c3ccccc3c2c1. The maximum absolute atomic E-state index is 12.4. The monoisotopic (exact) mass is 315 g/mol. The number of aromatic amines is 1. The van der Waals surface area contributed by atoms with E-state index in [1.165, 1.54) is 6.20 Å². The first-order valence-electron chi connectivity index (χ1n) is 7.49. The van der Waals surface area contributed by atoms with Crippen LogP contribution in [0.25, 0.3) is 21.8 Å². The summed E-state index contributed by atoms with van der Waals surface area (Å²) in [5.41, 5.74) is 1.43. The van der Waals surface area contributed by atoms with E-state index in [2.05, 4.69) is 15.3 Å². The Morgan fingerprint density at radius 2 is 1.62 bits per heavy atom. The van der Waals surface area contributed by atoms with Crippen LogP contribution in [0.1, 0.15) is 10.4 Å². The number of anilines is 1. The molecule has 0 aliphatic heterocycles. The van der Waals surface area contributed by atoms with Gasteiger partial charge < -0.3 is 10.3 Å². The van der Waals surface area contributed by atoms with Gasteiger partial charge in [0.05, 0.1) is 5.56 Å². The fourth-order valence-corrected chi connectivity index (χ4v) is 2.71. The van der Waals surface area contributed by atoms with Gasteiger partial charge >= 0.3 is 0 Å². The van der Waals surface area contributed by atoms with E-state index in [0.717, 1.165) is 10.8 Å². The number of hydrogen-bond donors (Lipinski definition) is 2. The molecule has 116 valence electrons. The molecule has 5 heteroatoms. The van der Waals surface area contributed by atoms with Crippen LogP contribution in [-0.2, 0) is 0 Å². The Morgan fingerprint density at radius 3 is 2.42 bits per heavy atom. The first-order chi connectivity index (χ1) is 11.7. The third-order valence-corrected chi connectivity index (χ3v) is 3.88. The van der Waals surface area contributed by atoms with Crippen molar-refractivity contribution < 1.29 is 4.79 Å². The number of H-pyrrole nitrogens is 1. The summed E-state index contributed by atoms with van der Waals surface area (Å²) in [5, 5.41) is 4.93. The lowest BCUT2D eigenvalue weighted by Crippen LogP contribution is -2.13. The summed E-state index contributed by atoms with van der Waals surface area (Å²) in [5.74, 6) is -0.245. The number of nitrogens with zero attached hydrogens (tertiary/aromatic N) is 1. The number of aromatic nitrogens is 2. The van der Waals surface area contributed by atoms with Gasteiger partial charge in [-0.1, -0.05) is 36.4 Å². The number of benzene rings is 2. The quantitative estimate of drug-likeness (QED) is 0.557. The van der Waals surface area contributed by atoms with Gasteiger partial charge in [0, 0.05) is 22.7 Å². The van der Waals surface area contributed by atoms with Crippen molar-refractivity contribution in [3.8, 4) is 0 Å². The largest absolute Gasteiger partial charge is 0.322 e. The van der Waals surface area contributed by atoms with Crippen molar-refractivity contribution in [2.45, 2.75) is 0 Å². The molecule has 0 bridgehead atoms. The average molecular weight is 315 g/mol. The van der Waals surface area contributed by atoms with E-state index in [1.807, 2.05) is 48.5 Å². The first-order valence-corrected chi connectivity index (χ1v) is 7.49. The highest BCUT2D eigenvalue weighted by atomic mass is 16.1. The smallest absolute Gasteiger partial charge is 0.257 e. The second-order valence-corrected chi connectivity index (χ2v) is 5.44. The highest BCUT2D eigenvalue weighted by Gasteiger charge is 2.11. The Kier molecular flexibility index (Phi) is 3.31. The lowest BCUT2D eigenvalue weighted by Gasteiger charge is -2.07. The minimum Gasteiger partial charge on any atom is -0.322 e. The van der Waals surface area contributed by atoms with E-state index in [9.17, 15) is 9.59 Å². The molecule has 24 heavy (non-hydrogen) atoms. The normalized spacial score (nSPS) is 10.8. The molecule has 0 radical (unpaired) electrons. The Hall–Kier alpha value is -3.47. The maximum Gasteiger partial charge on any atom is 0.257 e. The molecule has 2 heterocycles. The Labute approximate surface area is 137 Å². The van der Waals surface area contributed by atoms with Gasteiger partial charge in [0.25, 0.3) is 11.5 Å². The van der Waals surface area contributed by atoms with E-state index in [0.29, 0.717) is 22.3 Å². The van der Waals surface area contributed by atoms with Crippen molar-refractivity contribution in [2.75, 3.05) is 5.32 Å². The molecule has 2 N–H and O–H groups in total.